The van der Waals surface area contributed by atoms with Crippen molar-refractivity contribution in [2.75, 3.05) is 21.3 Å². The number of hydrogen-bond acceptors (Lipinski definition) is 7. The maximum absolute atomic E-state index is 12.2. The molecule has 2 N–H and O–H groups in total. The van der Waals surface area contributed by atoms with E-state index >= 15 is 0 Å². The maximum Gasteiger partial charge on any atom is 0.205 e. The lowest BCUT2D eigenvalue weighted by atomic mass is 9.81. The van der Waals surface area contributed by atoms with Crippen LogP contribution in [0.1, 0.15) is 25.3 Å². The molecule has 2 rings (SSSR count). The first-order valence-electron chi connectivity index (χ1n) is 7.48. The Bertz CT molecular complexity index is 792. The number of ether oxygens (including phenoxy) is 4. The Balaban J connectivity index is 2.77. The van der Waals surface area contributed by atoms with Gasteiger partial charge in [0.15, 0.2) is 17.3 Å². The van der Waals surface area contributed by atoms with Crippen molar-refractivity contribution >= 4 is 5.78 Å². The van der Waals surface area contributed by atoms with E-state index in [0.29, 0.717) is 34.1 Å². The summed E-state index contributed by atoms with van der Waals surface area (Å²) in [6.07, 6.45) is 0. The van der Waals surface area contributed by atoms with Gasteiger partial charge in [-0.15, -0.1) is 0 Å². The summed E-state index contributed by atoms with van der Waals surface area (Å²) in [5.74, 6) is 0.703. The molecule has 7 nitrogen and oxygen atoms in total. The molecule has 0 fully saturated rings. The molecule has 0 bridgehead atoms. The highest BCUT2D eigenvalue weighted by molar-refractivity contribution is 5.96. The molecular weight excluding hydrogens is 324 g/mol. The second-order valence-corrected chi connectivity index (χ2v) is 5.41. The molecule has 1 heterocycles. The Labute approximate surface area is 146 Å². The number of Topliss-reactive ketones (excluding diaryl/α,β-unsaturated/α-hetero) is 1. The van der Waals surface area contributed by atoms with Gasteiger partial charge in [-0.3, -0.25) is 4.79 Å². The van der Waals surface area contributed by atoms with Crippen LogP contribution in [0.25, 0.3) is 0 Å². The predicted octanol–water partition coefficient (Wildman–Crippen LogP) is 2.38. The fourth-order valence-electron chi connectivity index (χ4n) is 2.94. The number of rotatable bonds is 5. The summed E-state index contributed by atoms with van der Waals surface area (Å²) < 4.78 is 21.4. The van der Waals surface area contributed by atoms with Gasteiger partial charge in [0.2, 0.25) is 11.6 Å². The van der Waals surface area contributed by atoms with Crippen molar-refractivity contribution < 1.29 is 23.7 Å². The number of nitriles is 1. The highest BCUT2D eigenvalue weighted by atomic mass is 16.5. The fourth-order valence-corrected chi connectivity index (χ4v) is 2.94. The van der Waals surface area contributed by atoms with E-state index < -0.39 is 5.92 Å². The Morgan fingerprint density at radius 1 is 1.20 bits per heavy atom. The smallest absolute Gasteiger partial charge is 0.205 e. The van der Waals surface area contributed by atoms with E-state index in [0.717, 1.165) is 0 Å². The molecule has 1 atom stereocenters. The summed E-state index contributed by atoms with van der Waals surface area (Å²) in [4.78, 5) is 12.2. The van der Waals surface area contributed by atoms with Crippen molar-refractivity contribution in [2.45, 2.75) is 19.8 Å². The molecule has 1 aliphatic heterocycles. The van der Waals surface area contributed by atoms with Crippen LogP contribution in [0.5, 0.6) is 17.2 Å². The van der Waals surface area contributed by atoms with Crippen LogP contribution in [-0.2, 0) is 9.53 Å². The summed E-state index contributed by atoms with van der Waals surface area (Å²) >= 11 is 0. The summed E-state index contributed by atoms with van der Waals surface area (Å²) in [7, 11) is 4.49. The molecule has 0 spiro atoms. The Morgan fingerprint density at radius 2 is 1.76 bits per heavy atom. The van der Waals surface area contributed by atoms with Gasteiger partial charge >= 0.3 is 0 Å². The summed E-state index contributed by atoms with van der Waals surface area (Å²) in [6.45, 7) is 3.06. The number of ketones is 1. The molecule has 1 aromatic carbocycles. The van der Waals surface area contributed by atoms with Gasteiger partial charge in [0.05, 0.1) is 27.2 Å². The number of benzene rings is 1. The monoisotopic (exact) mass is 344 g/mol. The molecular formula is C18H20N2O5. The van der Waals surface area contributed by atoms with Crippen molar-refractivity contribution in [2.24, 2.45) is 5.73 Å². The molecule has 0 radical (unpaired) electrons. The molecule has 0 unspecified atom stereocenters. The third-order valence-electron chi connectivity index (χ3n) is 4.01. The van der Waals surface area contributed by atoms with E-state index in [4.69, 9.17) is 24.7 Å². The number of nitrogens with zero attached hydrogens (tertiary/aromatic N) is 1. The highest BCUT2D eigenvalue weighted by Crippen LogP contribution is 2.45. The van der Waals surface area contributed by atoms with Gasteiger partial charge in [0.25, 0.3) is 0 Å². The summed E-state index contributed by atoms with van der Waals surface area (Å²) in [5, 5.41) is 9.54. The van der Waals surface area contributed by atoms with Crippen LogP contribution in [0.2, 0.25) is 0 Å². The highest BCUT2D eigenvalue weighted by Gasteiger charge is 2.35. The first kappa shape index (κ1) is 18.2. The molecule has 0 saturated carbocycles. The van der Waals surface area contributed by atoms with E-state index in [-0.39, 0.29) is 17.2 Å². The minimum Gasteiger partial charge on any atom is -0.493 e. The summed E-state index contributed by atoms with van der Waals surface area (Å²) in [6, 6.07) is 5.43. The number of carbonyl (C=O) groups excluding carboxylic acids is 1. The van der Waals surface area contributed by atoms with Crippen LogP contribution in [-0.4, -0.2) is 27.1 Å². The Hall–Kier alpha value is -3.14. The van der Waals surface area contributed by atoms with Crippen molar-refractivity contribution in [3.05, 3.63) is 40.5 Å². The van der Waals surface area contributed by atoms with Gasteiger partial charge < -0.3 is 24.7 Å². The standard InChI is InChI=1S/C18H20N2O5/c1-9(21)15-10(2)25-18(20)12(8-19)16(15)11-6-13(22-3)17(24-5)14(7-11)23-4/h6-7,16H,20H2,1-5H3/t16-/m0/s1. The molecule has 0 saturated heterocycles. The first-order chi connectivity index (χ1) is 11.9. The van der Waals surface area contributed by atoms with Crippen molar-refractivity contribution in [3.63, 3.8) is 0 Å². The maximum atomic E-state index is 12.2. The van der Waals surface area contributed by atoms with Gasteiger partial charge in [0.1, 0.15) is 17.4 Å². The lowest BCUT2D eigenvalue weighted by Crippen LogP contribution is -2.23. The van der Waals surface area contributed by atoms with Gasteiger partial charge in [-0.05, 0) is 31.5 Å². The molecule has 7 heteroatoms. The Kier molecular flexibility index (Phi) is 5.22. The van der Waals surface area contributed by atoms with Gasteiger partial charge in [-0.1, -0.05) is 0 Å². The average molecular weight is 344 g/mol. The normalized spacial score (nSPS) is 16.9. The van der Waals surface area contributed by atoms with Crippen molar-refractivity contribution in [1.29, 1.82) is 5.26 Å². The summed E-state index contributed by atoms with van der Waals surface area (Å²) in [5.41, 5.74) is 7.00. The third kappa shape index (κ3) is 3.11. The molecule has 1 aromatic rings. The third-order valence-corrected chi connectivity index (χ3v) is 4.01. The number of hydrogen-bond donors (Lipinski definition) is 1. The zero-order valence-electron chi connectivity index (χ0n) is 14.8. The van der Waals surface area contributed by atoms with Crippen LogP contribution in [0.4, 0.5) is 0 Å². The van der Waals surface area contributed by atoms with Crippen LogP contribution in [0, 0.1) is 11.3 Å². The van der Waals surface area contributed by atoms with Gasteiger partial charge in [0, 0.05) is 5.57 Å². The zero-order valence-corrected chi connectivity index (χ0v) is 14.8. The molecule has 25 heavy (non-hydrogen) atoms. The number of carbonyl (C=O) groups is 1. The minimum absolute atomic E-state index is 0.0243. The van der Waals surface area contributed by atoms with Crippen LogP contribution in [0.3, 0.4) is 0 Å². The van der Waals surface area contributed by atoms with Crippen LogP contribution >= 0.6 is 0 Å². The number of methoxy groups -OCH3 is 3. The van der Waals surface area contributed by atoms with Gasteiger partial charge in [-0.25, -0.2) is 0 Å². The second kappa shape index (κ2) is 7.18. The van der Waals surface area contributed by atoms with Crippen molar-refractivity contribution in [1.82, 2.24) is 0 Å². The molecule has 0 aliphatic carbocycles. The fraction of sp³-hybridized carbons (Fsp3) is 0.333. The minimum atomic E-state index is -0.676. The van der Waals surface area contributed by atoms with Gasteiger partial charge in [-0.2, -0.15) is 5.26 Å². The lowest BCUT2D eigenvalue weighted by molar-refractivity contribution is -0.114. The van der Waals surface area contributed by atoms with E-state index in [1.807, 2.05) is 6.07 Å². The first-order valence-corrected chi connectivity index (χ1v) is 7.48. The Morgan fingerprint density at radius 3 is 2.16 bits per heavy atom. The van der Waals surface area contributed by atoms with Crippen molar-refractivity contribution in [3.8, 4) is 23.3 Å². The predicted molar refractivity (Wildman–Crippen MR) is 90.1 cm³/mol. The largest absolute Gasteiger partial charge is 0.493 e. The number of allylic oxidation sites excluding steroid dienone is 3. The second-order valence-electron chi connectivity index (χ2n) is 5.41. The van der Waals surface area contributed by atoms with E-state index in [2.05, 4.69) is 0 Å². The zero-order chi connectivity index (χ0) is 18.7. The topological polar surface area (TPSA) is 104 Å². The van der Waals surface area contributed by atoms with Crippen LogP contribution < -0.4 is 19.9 Å². The molecule has 1 aliphatic rings. The van der Waals surface area contributed by atoms with E-state index in [1.54, 1.807) is 19.1 Å². The van der Waals surface area contributed by atoms with E-state index in [1.165, 1.54) is 28.3 Å². The van der Waals surface area contributed by atoms with E-state index in [9.17, 15) is 10.1 Å². The SMILES string of the molecule is COc1cc([C@H]2C(C#N)=C(N)OC(C)=C2C(C)=O)cc(OC)c1OC. The quantitative estimate of drug-likeness (QED) is 0.874. The number of nitrogens with two attached hydrogens (primary N) is 1. The molecule has 0 aromatic heterocycles. The average Bonchev–Trinajstić information content (AvgIpc) is 2.59. The van der Waals surface area contributed by atoms with Crippen LogP contribution in [0.15, 0.2) is 34.9 Å². The molecule has 0 amide bonds. The molecule has 132 valence electrons. The lowest BCUT2D eigenvalue weighted by Gasteiger charge is -2.27.